The molecule has 0 aromatic heterocycles. The lowest BCUT2D eigenvalue weighted by Crippen LogP contribution is -2.51. The lowest BCUT2D eigenvalue weighted by Gasteiger charge is -2.36. The van der Waals surface area contributed by atoms with Gasteiger partial charge in [-0.25, -0.2) is 9.59 Å². The van der Waals surface area contributed by atoms with E-state index in [2.05, 4.69) is 29.2 Å². The summed E-state index contributed by atoms with van der Waals surface area (Å²) in [4.78, 5) is 34.2. The van der Waals surface area contributed by atoms with Crippen LogP contribution >= 0.6 is 11.6 Å². The molecular weight excluding hydrogens is 555 g/mol. The number of likely N-dealkylation sites (tertiary alicyclic amines) is 1. The van der Waals surface area contributed by atoms with Gasteiger partial charge in [-0.05, 0) is 87.3 Å². The van der Waals surface area contributed by atoms with Crippen LogP contribution in [0.1, 0.15) is 62.5 Å². The standard InChI is InChI=1S/C31H39ClF3N3O3/c32-27-12-7-11-26(22-27)23-37(30(40)38(28-13-5-2-6-14-28)41-29(39)31(33,34)35)18-8-17-36-19-15-25(16-20-36)21-24-9-3-1-4-10-24/h1,3-4,7,9-12,22,25,28H,2,5-6,8,13-21,23H2. The summed E-state index contributed by atoms with van der Waals surface area (Å²) in [7, 11) is 0. The number of hydroxylamine groups is 2. The van der Waals surface area contributed by atoms with Gasteiger partial charge >= 0.3 is 18.2 Å². The van der Waals surface area contributed by atoms with Crippen molar-refractivity contribution in [2.75, 3.05) is 26.2 Å². The number of rotatable bonds is 9. The molecular formula is C31H39ClF3N3O3. The molecule has 1 aliphatic heterocycles. The van der Waals surface area contributed by atoms with Crippen molar-refractivity contribution in [3.05, 3.63) is 70.7 Å². The van der Waals surface area contributed by atoms with Gasteiger partial charge < -0.3 is 14.6 Å². The van der Waals surface area contributed by atoms with Crippen molar-refractivity contribution in [1.82, 2.24) is 14.9 Å². The highest BCUT2D eigenvalue weighted by Gasteiger charge is 2.45. The molecule has 224 valence electrons. The Labute approximate surface area is 245 Å². The van der Waals surface area contributed by atoms with Crippen molar-refractivity contribution in [3.8, 4) is 0 Å². The third-order valence-corrected chi connectivity index (χ3v) is 8.25. The predicted octanol–water partition coefficient (Wildman–Crippen LogP) is 7.26. The van der Waals surface area contributed by atoms with Gasteiger partial charge in [0.15, 0.2) is 0 Å². The molecule has 4 rings (SSSR count). The Balaban J connectivity index is 1.39. The van der Waals surface area contributed by atoms with Crippen molar-refractivity contribution in [1.29, 1.82) is 0 Å². The van der Waals surface area contributed by atoms with Gasteiger partial charge in [-0.1, -0.05) is 73.3 Å². The van der Waals surface area contributed by atoms with Crippen LogP contribution < -0.4 is 0 Å². The molecule has 1 heterocycles. The zero-order chi connectivity index (χ0) is 29.2. The molecule has 10 heteroatoms. The average molecular weight is 594 g/mol. The van der Waals surface area contributed by atoms with E-state index in [0.717, 1.165) is 63.7 Å². The Kier molecular flexibility index (Phi) is 11.3. The van der Waals surface area contributed by atoms with E-state index in [1.54, 1.807) is 18.2 Å². The van der Waals surface area contributed by atoms with Gasteiger partial charge in [-0.15, -0.1) is 5.06 Å². The van der Waals surface area contributed by atoms with E-state index in [4.69, 9.17) is 16.4 Å². The van der Waals surface area contributed by atoms with Crippen LogP contribution in [0.2, 0.25) is 5.02 Å². The topological polar surface area (TPSA) is 53.1 Å². The molecule has 0 N–H and O–H groups in total. The van der Waals surface area contributed by atoms with Crippen LogP contribution in [0.4, 0.5) is 18.0 Å². The number of alkyl halides is 3. The number of amides is 2. The molecule has 0 atom stereocenters. The molecule has 0 bridgehead atoms. The third kappa shape index (κ3) is 9.64. The number of benzene rings is 2. The van der Waals surface area contributed by atoms with Crippen LogP contribution in [0.5, 0.6) is 0 Å². The fourth-order valence-electron chi connectivity index (χ4n) is 5.81. The molecule has 0 unspecified atom stereocenters. The summed E-state index contributed by atoms with van der Waals surface area (Å²) in [6, 6.07) is 16.2. The van der Waals surface area contributed by atoms with Crippen molar-refractivity contribution >= 4 is 23.6 Å². The first-order chi connectivity index (χ1) is 19.7. The smallest absolute Gasteiger partial charge is 0.328 e. The average Bonchev–Trinajstić information content (AvgIpc) is 2.96. The first-order valence-electron chi connectivity index (χ1n) is 14.6. The molecule has 1 saturated carbocycles. The second-order valence-corrected chi connectivity index (χ2v) is 11.6. The van der Waals surface area contributed by atoms with Gasteiger partial charge in [0.05, 0.1) is 6.04 Å². The SMILES string of the molecule is O=C(N(CCCN1CCC(Cc2ccccc2)CC1)Cc1cccc(Cl)c1)N(OC(=O)C(F)(F)F)C1CCCCC1. The van der Waals surface area contributed by atoms with Gasteiger partial charge in [0.1, 0.15) is 0 Å². The summed E-state index contributed by atoms with van der Waals surface area (Å²) in [5, 5.41) is 1.19. The number of urea groups is 1. The number of carbonyl (C=O) groups is 2. The minimum absolute atomic E-state index is 0.144. The molecule has 6 nitrogen and oxygen atoms in total. The van der Waals surface area contributed by atoms with E-state index >= 15 is 0 Å². The number of halogens is 4. The highest BCUT2D eigenvalue weighted by Crippen LogP contribution is 2.27. The number of piperidine rings is 1. The minimum Gasteiger partial charge on any atom is -0.328 e. The lowest BCUT2D eigenvalue weighted by atomic mass is 9.90. The van der Waals surface area contributed by atoms with Crippen LogP contribution in [-0.2, 0) is 22.6 Å². The van der Waals surface area contributed by atoms with Crippen LogP contribution in [0.25, 0.3) is 0 Å². The van der Waals surface area contributed by atoms with Crippen LogP contribution in [0.3, 0.4) is 0 Å². The normalized spacial score (nSPS) is 17.3. The molecule has 2 aromatic rings. The Bertz CT molecular complexity index is 1120. The van der Waals surface area contributed by atoms with Gasteiger partial charge in [-0.2, -0.15) is 13.2 Å². The number of nitrogens with zero attached hydrogens (tertiary/aromatic N) is 3. The Hall–Kier alpha value is -2.78. The molecule has 2 amide bonds. The zero-order valence-corrected chi connectivity index (χ0v) is 24.1. The molecule has 1 saturated heterocycles. The fourth-order valence-corrected chi connectivity index (χ4v) is 6.02. The van der Waals surface area contributed by atoms with E-state index < -0.39 is 24.2 Å². The second-order valence-electron chi connectivity index (χ2n) is 11.2. The summed E-state index contributed by atoms with van der Waals surface area (Å²) in [5.74, 6) is -1.74. The maximum Gasteiger partial charge on any atom is 0.493 e. The molecule has 2 aliphatic rings. The fraction of sp³-hybridized carbons (Fsp3) is 0.548. The van der Waals surface area contributed by atoms with Crippen LogP contribution in [0.15, 0.2) is 54.6 Å². The summed E-state index contributed by atoms with van der Waals surface area (Å²) in [6.07, 6.45) is 2.13. The number of hydrogen-bond donors (Lipinski definition) is 0. The van der Waals surface area contributed by atoms with E-state index in [1.807, 2.05) is 12.1 Å². The van der Waals surface area contributed by atoms with Crippen LogP contribution in [-0.4, -0.2) is 65.3 Å². The van der Waals surface area contributed by atoms with E-state index in [-0.39, 0.29) is 6.54 Å². The first kappa shape index (κ1) is 31.2. The molecule has 41 heavy (non-hydrogen) atoms. The molecule has 0 spiro atoms. The van der Waals surface area contributed by atoms with Gasteiger partial charge in [0.25, 0.3) is 0 Å². The molecule has 2 fully saturated rings. The highest BCUT2D eigenvalue weighted by atomic mass is 35.5. The summed E-state index contributed by atoms with van der Waals surface area (Å²) >= 11 is 6.16. The summed E-state index contributed by atoms with van der Waals surface area (Å²) in [5.41, 5.74) is 2.10. The lowest BCUT2D eigenvalue weighted by molar-refractivity contribution is -0.236. The Morgan fingerprint density at radius 1 is 0.927 bits per heavy atom. The van der Waals surface area contributed by atoms with Gasteiger partial charge in [0, 0.05) is 18.1 Å². The summed E-state index contributed by atoms with van der Waals surface area (Å²) < 4.78 is 39.4. The zero-order valence-electron chi connectivity index (χ0n) is 23.3. The molecule has 2 aromatic carbocycles. The quantitative estimate of drug-likeness (QED) is 0.287. The third-order valence-electron chi connectivity index (χ3n) is 8.02. The summed E-state index contributed by atoms with van der Waals surface area (Å²) in [6.45, 7) is 3.16. The van der Waals surface area contributed by atoms with Crippen LogP contribution in [0, 0.1) is 5.92 Å². The number of carbonyl (C=O) groups excluding carboxylic acids is 2. The Morgan fingerprint density at radius 2 is 1.61 bits per heavy atom. The number of hydrogen-bond acceptors (Lipinski definition) is 4. The minimum atomic E-state index is -5.20. The van der Waals surface area contributed by atoms with E-state index in [1.165, 1.54) is 10.5 Å². The largest absolute Gasteiger partial charge is 0.493 e. The van der Waals surface area contributed by atoms with Crippen molar-refractivity contribution < 1.29 is 27.6 Å². The van der Waals surface area contributed by atoms with Gasteiger partial charge in [-0.3, -0.25) is 0 Å². The van der Waals surface area contributed by atoms with Crippen molar-refractivity contribution in [2.24, 2.45) is 5.92 Å². The monoisotopic (exact) mass is 593 g/mol. The maximum absolute atomic E-state index is 13.8. The van der Waals surface area contributed by atoms with Gasteiger partial charge in [0.2, 0.25) is 0 Å². The first-order valence-corrected chi connectivity index (χ1v) is 14.9. The molecule has 1 aliphatic carbocycles. The van der Waals surface area contributed by atoms with E-state index in [0.29, 0.717) is 41.8 Å². The van der Waals surface area contributed by atoms with Crippen molar-refractivity contribution in [3.63, 3.8) is 0 Å². The van der Waals surface area contributed by atoms with E-state index in [9.17, 15) is 22.8 Å². The molecule has 0 radical (unpaired) electrons. The Morgan fingerprint density at radius 3 is 2.27 bits per heavy atom. The maximum atomic E-state index is 13.8. The van der Waals surface area contributed by atoms with Crippen molar-refractivity contribution in [2.45, 2.75) is 76.6 Å². The predicted molar refractivity (Wildman–Crippen MR) is 152 cm³/mol. The second kappa shape index (κ2) is 14.9. The highest BCUT2D eigenvalue weighted by molar-refractivity contribution is 6.30.